The van der Waals surface area contributed by atoms with Gasteiger partial charge < -0.3 is 15.0 Å². The summed E-state index contributed by atoms with van der Waals surface area (Å²) in [6, 6.07) is 0.642. The molecule has 0 amide bonds. The van der Waals surface area contributed by atoms with Crippen molar-refractivity contribution in [3.63, 3.8) is 0 Å². The van der Waals surface area contributed by atoms with Crippen LogP contribution in [0.3, 0.4) is 0 Å². The van der Waals surface area contributed by atoms with E-state index in [1.807, 2.05) is 0 Å². The summed E-state index contributed by atoms with van der Waals surface area (Å²) in [5, 5.41) is 3.67. The zero-order valence-corrected chi connectivity index (χ0v) is 10.5. The zero-order valence-electron chi connectivity index (χ0n) is 10.5. The Morgan fingerprint density at radius 2 is 2.00 bits per heavy atom. The molecule has 0 aliphatic carbocycles. The van der Waals surface area contributed by atoms with Gasteiger partial charge in [0, 0.05) is 25.8 Å². The minimum atomic E-state index is 0.642. The van der Waals surface area contributed by atoms with E-state index in [-0.39, 0.29) is 0 Å². The molecule has 1 saturated heterocycles. The van der Waals surface area contributed by atoms with Crippen LogP contribution in [0, 0.1) is 5.92 Å². The van der Waals surface area contributed by atoms with Gasteiger partial charge in [-0.1, -0.05) is 6.92 Å². The molecule has 1 heterocycles. The Labute approximate surface area is 94.2 Å². The number of likely N-dealkylation sites (N-methyl/N-ethyl adjacent to an activating group) is 1. The Morgan fingerprint density at radius 3 is 2.53 bits per heavy atom. The van der Waals surface area contributed by atoms with E-state index in [9.17, 15) is 0 Å². The lowest BCUT2D eigenvalue weighted by Crippen LogP contribution is -2.45. The van der Waals surface area contributed by atoms with Gasteiger partial charge in [-0.25, -0.2) is 0 Å². The van der Waals surface area contributed by atoms with Gasteiger partial charge in [-0.3, -0.25) is 0 Å². The predicted octanol–water partition coefficient (Wildman–Crippen LogP) is 1.34. The third-order valence-electron chi connectivity index (χ3n) is 3.05. The first kappa shape index (κ1) is 12.9. The molecule has 0 aromatic carbocycles. The number of ether oxygens (including phenoxy) is 1. The summed E-state index contributed by atoms with van der Waals surface area (Å²) in [4.78, 5) is 2.28. The highest BCUT2D eigenvalue weighted by molar-refractivity contribution is 4.80. The molecule has 1 fully saturated rings. The van der Waals surface area contributed by atoms with Crippen molar-refractivity contribution in [1.82, 2.24) is 10.2 Å². The van der Waals surface area contributed by atoms with Gasteiger partial charge in [0.15, 0.2) is 0 Å². The van der Waals surface area contributed by atoms with Gasteiger partial charge in [-0.2, -0.15) is 0 Å². The number of hydrogen-bond donors (Lipinski definition) is 1. The summed E-state index contributed by atoms with van der Waals surface area (Å²) < 4.78 is 5.42. The lowest BCUT2D eigenvalue weighted by atomic mass is 9.91. The Bertz CT molecular complexity index is 156. The Morgan fingerprint density at radius 1 is 1.33 bits per heavy atom. The molecular formula is C12H26N2O. The van der Waals surface area contributed by atoms with E-state index < -0.39 is 0 Å². The van der Waals surface area contributed by atoms with Gasteiger partial charge in [0.2, 0.25) is 0 Å². The summed E-state index contributed by atoms with van der Waals surface area (Å²) in [5.41, 5.74) is 0. The highest BCUT2D eigenvalue weighted by atomic mass is 16.5. The van der Waals surface area contributed by atoms with E-state index >= 15 is 0 Å². The smallest absolute Gasteiger partial charge is 0.0469 e. The highest BCUT2D eigenvalue weighted by Crippen LogP contribution is 2.19. The molecule has 0 radical (unpaired) electrons. The van der Waals surface area contributed by atoms with Crippen LogP contribution in [0.5, 0.6) is 0 Å². The fraction of sp³-hybridized carbons (Fsp3) is 1.00. The lowest BCUT2D eigenvalue weighted by Gasteiger charge is -2.32. The van der Waals surface area contributed by atoms with Crippen molar-refractivity contribution < 1.29 is 4.74 Å². The van der Waals surface area contributed by atoms with Crippen LogP contribution in [0.15, 0.2) is 0 Å². The summed E-state index contributed by atoms with van der Waals surface area (Å²) >= 11 is 0. The van der Waals surface area contributed by atoms with Gasteiger partial charge >= 0.3 is 0 Å². The number of hydrogen-bond acceptors (Lipinski definition) is 3. The molecule has 90 valence electrons. The van der Waals surface area contributed by atoms with Gasteiger partial charge in [-0.15, -0.1) is 0 Å². The molecule has 3 nitrogen and oxygen atoms in total. The Kier molecular flexibility index (Phi) is 6.22. The summed E-state index contributed by atoms with van der Waals surface area (Å²) in [7, 11) is 4.31. The third kappa shape index (κ3) is 4.96. The van der Waals surface area contributed by atoms with Crippen molar-refractivity contribution in [1.29, 1.82) is 0 Å². The first-order valence-corrected chi connectivity index (χ1v) is 6.20. The average molecular weight is 214 g/mol. The fourth-order valence-electron chi connectivity index (χ4n) is 2.22. The average Bonchev–Trinajstić information content (AvgIpc) is 2.25. The molecule has 1 rings (SSSR count). The summed E-state index contributed by atoms with van der Waals surface area (Å²) in [6.45, 7) is 6.40. The van der Waals surface area contributed by atoms with Crippen LogP contribution in [0.25, 0.3) is 0 Å². The van der Waals surface area contributed by atoms with Crippen LogP contribution in [-0.2, 0) is 4.74 Å². The Balaban J connectivity index is 2.37. The molecule has 1 aliphatic rings. The molecule has 1 aliphatic heterocycles. The molecule has 15 heavy (non-hydrogen) atoms. The van der Waals surface area contributed by atoms with Crippen molar-refractivity contribution in [2.24, 2.45) is 5.92 Å². The molecule has 0 saturated carbocycles. The second-order valence-corrected chi connectivity index (χ2v) is 4.77. The van der Waals surface area contributed by atoms with E-state index in [4.69, 9.17) is 4.74 Å². The Hall–Kier alpha value is -0.120. The predicted molar refractivity (Wildman–Crippen MR) is 64.2 cm³/mol. The largest absolute Gasteiger partial charge is 0.381 e. The summed E-state index contributed by atoms with van der Waals surface area (Å²) in [5.74, 6) is 0.799. The molecule has 0 bridgehead atoms. The molecule has 0 aromatic heterocycles. The van der Waals surface area contributed by atoms with Gasteiger partial charge in [0.1, 0.15) is 0 Å². The van der Waals surface area contributed by atoms with Crippen LogP contribution in [-0.4, -0.2) is 51.3 Å². The second kappa shape index (κ2) is 7.20. The normalized spacial score (nSPS) is 20.8. The number of nitrogens with one attached hydrogen (secondary N) is 1. The lowest BCUT2D eigenvalue weighted by molar-refractivity contribution is 0.0500. The minimum Gasteiger partial charge on any atom is -0.381 e. The maximum atomic E-state index is 5.42. The van der Waals surface area contributed by atoms with Crippen molar-refractivity contribution in [3.8, 4) is 0 Å². The second-order valence-electron chi connectivity index (χ2n) is 4.77. The quantitative estimate of drug-likeness (QED) is 0.722. The molecule has 0 spiro atoms. The van der Waals surface area contributed by atoms with Crippen molar-refractivity contribution in [3.05, 3.63) is 0 Å². The molecular weight excluding hydrogens is 188 g/mol. The monoisotopic (exact) mass is 214 g/mol. The van der Waals surface area contributed by atoms with Gasteiger partial charge in [0.25, 0.3) is 0 Å². The minimum absolute atomic E-state index is 0.642. The standard InChI is InChI=1S/C12H26N2O/c1-4-7-13-12(10-14(2)3)11-5-8-15-9-6-11/h11-13H,4-10H2,1-3H3. The molecule has 0 aromatic rings. The molecule has 1 unspecified atom stereocenters. The van der Waals surface area contributed by atoms with Crippen molar-refractivity contribution in [2.75, 3.05) is 40.4 Å². The van der Waals surface area contributed by atoms with Crippen LogP contribution in [0.4, 0.5) is 0 Å². The van der Waals surface area contributed by atoms with Crippen LogP contribution in [0.2, 0.25) is 0 Å². The van der Waals surface area contributed by atoms with E-state index in [1.165, 1.54) is 19.3 Å². The SMILES string of the molecule is CCCNC(CN(C)C)C1CCOCC1. The van der Waals surface area contributed by atoms with Crippen molar-refractivity contribution in [2.45, 2.75) is 32.2 Å². The van der Waals surface area contributed by atoms with E-state index in [0.29, 0.717) is 6.04 Å². The highest BCUT2D eigenvalue weighted by Gasteiger charge is 2.23. The van der Waals surface area contributed by atoms with E-state index in [0.717, 1.165) is 32.2 Å². The molecule has 1 N–H and O–H groups in total. The maximum absolute atomic E-state index is 5.42. The van der Waals surface area contributed by atoms with Crippen LogP contribution in [0.1, 0.15) is 26.2 Å². The van der Waals surface area contributed by atoms with Gasteiger partial charge in [0.05, 0.1) is 0 Å². The van der Waals surface area contributed by atoms with Crippen molar-refractivity contribution >= 4 is 0 Å². The van der Waals surface area contributed by atoms with E-state index in [1.54, 1.807) is 0 Å². The first-order chi connectivity index (χ1) is 7.24. The van der Waals surface area contributed by atoms with Crippen LogP contribution < -0.4 is 5.32 Å². The van der Waals surface area contributed by atoms with Crippen LogP contribution >= 0.6 is 0 Å². The number of nitrogens with zero attached hydrogens (tertiary/aromatic N) is 1. The first-order valence-electron chi connectivity index (χ1n) is 6.20. The maximum Gasteiger partial charge on any atom is 0.0469 e. The van der Waals surface area contributed by atoms with E-state index in [2.05, 4.69) is 31.2 Å². The summed E-state index contributed by atoms with van der Waals surface area (Å²) in [6.07, 6.45) is 3.65. The molecule has 3 heteroatoms. The molecule has 1 atom stereocenters. The number of rotatable bonds is 6. The van der Waals surface area contributed by atoms with Gasteiger partial charge in [-0.05, 0) is 45.8 Å². The topological polar surface area (TPSA) is 24.5 Å². The third-order valence-corrected chi connectivity index (χ3v) is 3.05. The zero-order chi connectivity index (χ0) is 11.1. The fourth-order valence-corrected chi connectivity index (χ4v) is 2.22.